The number of nitrogens with zero attached hydrogens (tertiary/aromatic N) is 3. The highest BCUT2D eigenvalue weighted by Crippen LogP contribution is 2.19. The van der Waals surface area contributed by atoms with Gasteiger partial charge < -0.3 is 4.98 Å². The zero-order valence-corrected chi connectivity index (χ0v) is 8.63. The summed E-state index contributed by atoms with van der Waals surface area (Å²) < 4.78 is 0. The molecular formula is C9H6N4OS. The fraction of sp³-hybridized carbons (Fsp3) is 0.111. The van der Waals surface area contributed by atoms with Crippen LogP contribution in [0.5, 0.6) is 0 Å². The van der Waals surface area contributed by atoms with Crippen molar-refractivity contribution < 1.29 is 0 Å². The van der Waals surface area contributed by atoms with Gasteiger partial charge in [0.15, 0.2) is 5.65 Å². The smallest absolute Gasteiger partial charge is 0.260 e. The first-order valence-corrected chi connectivity index (χ1v) is 5.31. The van der Waals surface area contributed by atoms with E-state index in [1.54, 1.807) is 0 Å². The first-order chi connectivity index (χ1) is 7.26. The van der Waals surface area contributed by atoms with Gasteiger partial charge in [0.2, 0.25) is 0 Å². The second kappa shape index (κ2) is 3.71. The minimum absolute atomic E-state index is 0.281. The molecule has 1 N–H and O–H groups in total. The second-order valence-corrected chi connectivity index (χ2v) is 3.55. The molecule has 0 saturated heterocycles. The molecule has 0 aliphatic heterocycles. The lowest BCUT2D eigenvalue weighted by Crippen LogP contribution is -2.08. The lowest BCUT2D eigenvalue weighted by atomic mass is 10.2. The number of aromatic amines is 1. The Balaban J connectivity index is 2.89. The van der Waals surface area contributed by atoms with Gasteiger partial charge in [-0.15, -0.1) is 11.8 Å². The van der Waals surface area contributed by atoms with Crippen LogP contribution >= 0.6 is 11.8 Å². The van der Waals surface area contributed by atoms with Gasteiger partial charge in [-0.25, -0.2) is 9.97 Å². The van der Waals surface area contributed by atoms with E-state index in [4.69, 9.17) is 5.26 Å². The van der Waals surface area contributed by atoms with Crippen molar-refractivity contribution >= 4 is 22.8 Å². The van der Waals surface area contributed by atoms with Crippen LogP contribution in [0, 0.1) is 11.3 Å². The van der Waals surface area contributed by atoms with Crippen LogP contribution in [0.2, 0.25) is 0 Å². The van der Waals surface area contributed by atoms with E-state index in [-0.39, 0.29) is 5.56 Å². The SMILES string of the molecule is CSc1nc2nc[nH]c(=O)c2cc1C#N. The Morgan fingerprint density at radius 2 is 2.40 bits per heavy atom. The Bertz CT molecular complexity index is 614. The van der Waals surface area contributed by atoms with Crippen LogP contribution < -0.4 is 5.56 Å². The maximum absolute atomic E-state index is 11.4. The molecule has 0 aromatic carbocycles. The van der Waals surface area contributed by atoms with E-state index in [0.717, 1.165) is 0 Å². The third-order valence-corrected chi connectivity index (χ3v) is 2.61. The quantitative estimate of drug-likeness (QED) is 0.719. The summed E-state index contributed by atoms with van der Waals surface area (Å²) in [6, 6.07) is 3.52. The third-order valence-electron chi connectivity index (χ3n) is 1.91. The summed E-state index contributed by atoms with van der Waals surface area (Å²) in [7, 11) is 0. The van der Waals surface area contributed by atoms with Crippen LogP contribution in [-0.4, -0.2) is 21.2 Å². The summed E-state index contributed by atoms with van der Waals surface area (Å²) in [6.45, 7) is 0. The van der Waals surface area contributed by atoms with Crippen molar-refractivity contribution in [1.82, 2.24) is 15.0 Å². The average molecular weight is 218 g/mol. The Morgan fingerprint density at radius 1 is 1.60 bits per heavy atom. The molecular weight excluding hydrogens is 212 g/mol. The van der Waals surface area contributed by atoms with Gasteiger partial charge in [0, 0.05) is 0 Å². The molecule has 15 heavy (non-hydrogen) atoms. The standard InChI is InChI=1S/C9H6N4OS/c1-15-9-5(3-10)2-6-7(13-9)11-4-12-8(6)14/h2,4H,1H3,(H,11,12,13,14). The highest BCUT2D eigenvalue weighted by molar-refractivity contribution is 7.98. The predicted octanol–water partition coefficient (Wildman–Crippen LogP) is 0.912. The largest absolute Gasteiger partial charge is 0.313 e. The van der Waals surface area contributed by atoms with Crippen LogP contribution in [0.3, 0.4) is 0 Å². The molecule has 0 radical (unpaired) electrons. The number of pyridine rings is 1. The van der Waals surface area contributed by atoms with E-state index in [1.807, 2.05) is 12.3 Å². The molecule has 6 heteroatoms. The maximum atomic E-state index is 11.4. The molecule has 0 aliphatic rings. The number of thioether (sulfide) groups is 1. The average Bonchev–Trinajstić information content (AvgIpc) is 2.28. The Labute approximate surface area is 89.2 Å². The molecule has 5 nitrogen and oxygen atoms in total. The first kappa shape index (κ1) is 9.68. The molecule has 74 valence electrons. The van der Waals surface area contributed by atoms with Crippen molar-refractivity contribution in [2.75, 3.05) is 6.26 Å². The molecule has 2 aromatic heterocycles. The number of rotatable bonds is 1. The van der Waals surface area contributed by atoms with Crippen molar-refractivity contribution in [2.45, 2.75) is 5.03 Å². The van der Waals surface area contributed by atoms with Gasteiger partial charge in [0.1, 0.15) is 11.1 Å². The lowest BCUT2D eigenvalue weighted by Gasteiger charge is -2.00. The van der Waals surface area contributed by atoms with E-state index in [2.05, 4.69) is 15.0 Å². The highest BCUT2D eigenvalue weighted by atomic mass is 32.2. The Morgan fingerprint density at radius 3 is 3.07 bits per heavy atom. The number of nitriles is 1. The minimum Gasteiger partial charge on any atom is -0.313 e. The number of nitrogens with one attached hydrogen (secondary N) is 1. The van der Waals surface area contributed by atoms with Crippen molar-refractivity contribution in [2.24, 2.45) is 0 Å². The summed E-state index contributed by atoms with van der Waals surface area (Å²) in [6.07, 6.45) is 3.12. The molecule has 2 heterocycles. The van der Waals surface area contributed by atoms with E-state index < -0.39 is 0 Å². The molecule has 0 saturated carbocycles. The number of hydrogen-bond acceptors (Lipinski definition) is 5. The van der Waals surface area contributed by atoms with E-state index in [9.17, 15) is 4.79 Å². The van der Waals surface area contributed by atoms with Crippen molar-refractivity contribution in [3.05, 3.63) is 28.3 Å². The molecule has 2 aromatic rings. The fourth-order valence-corrected chi connectivity index (χ4v) is 1.72. The van der Waals surface area contributed by atoms with Crippen molar-refractivity contribution in [3.8, 4) is 6.07 Å². The minimum atomic E-state index is -0.281. The molecule has 0 amide bonds. The summed E-state index contributed by atoms with van der Waals surface area (Å²) in [5, 5.41) is 9.79. The van der Waals surface area contributed by atoms with Crippen LogP contribution in [0.25, 0.3) is 11.0 Å². The molecule has 0 atom stereocenters. The van der Waals surface area contributed by atoms with E-state index >= 15 is 0 Å². The van der Waals surface area contributed by atoms with Gasteiger partial charge in [-0.3, -0.25) is 4.79 Å². The van der Waals surface area contributed by atoms with Gasteiger partial charge in [0.05, 0.1) is 17.3 Å². The molecule has 0 bridgehead atoms. The highest BCUT2D eigenvalue weighted by Gasteiger charge is 2.08. The molecule has 0 aliphatic carbocycles. The van der Waals surface area contributed by atoms with Crippen LogP contribution in [0.1, 0.15) is 5.56 Å². The van der Waals surface area contributed by atoms with Gasteiger partial charge in [-0.1, -0.05) is 0 Å². The van der Waals surface area contributed by atoms with Crippen LogP contribution in [-0.2, 0) is 0 Å². The first-order valence-electron chi connectivity index (χ1n) is 4.09. The predicted molar refractivity (Wildman–Crippen MR) is 56.7 cm³/mol. The number of H-pyrrole nitrogens is 1. The number of hydrogen-bond donors (Lipinski definition) is 1. The summed E-state index contributed by atoms with van der Waals surface area (Å²) in [4.78, 5) is 21.9. The van der Waals surface area contributed by atoms with Gasteiger partial charge in [-0.2, -0.15) is 5.26 Å². The monoisotopic (exact) mass is 218 g/mol. The lowest BCUT2D eigenvalue weighted by molar-refractivity contribution is 1.08. The fourth-order valence-electron chi connectivity index (χ4n) is 1.22. The molecule has 0 unspecified atom stereocenters. The van der Waals surface area contributed by atoms with Crippen LogP contribution in [0.15, 0.2) is 22.2 Å². The zero-order chi connectivity index (χ0) is 10.8. The third kappa shape index (κ3) is 1.57. The number of aromatic nitrogens is 3. The Hall–Kier alpha value is -1.87. The molecule has 2 rings (SSSR count). The zero-order valence-electron chi connectivity index (χ0n) is 7.81. The van der Waals surface area contributed by atoms with Crippen molar-refractivity contribution in [3.63, 3.8) is 0 Å². The maximum Gasteiger partial charge on any atom is 0.260 e. The molecule has 0 fully saturated rings. The molecule has 0 spiro atoms. The number of fused-ring (bicyclic) bond motifs is 1. The summed E-state index contributed by atoms with van der Waals surface area (Å²) >= 11 is 1.35. The van der Waals surface area contributed by atoms with Gasteiger partial charge >= 0.3 is 0 Å². The topological polar surface area (TPSA) is 82.4 Å². The van der Waals surface area contributed by atoms with E-state index in [0.29, 0.717) is 21.6 Å². The van der Waals surface area contributed by atoms with Gasteiger partial charge in [0.25, 0.3) is 5.56 Å². The Kier molecular flexibility index (Phi) is 2.39. The van der Waals surface area contributed by atoms with Crippen LogP contribution in [0.4, 0.5) is 0 Å². The van der Waals surface area contributed by atoms with Crippen molar-refractivity contribution in [1.29, 1.82) is 5.26 Å². The van der Waals surface area contributed by atoms with Gasteiger partial charge in [-0.05, 0) is 12.3 Å². The normalized spacial score (nSPS) is 10.1. The van der Waals surface area contributed by atoms with E-state index in [1.165, 1.54) is 24.2 Å². The summed E-state index contributed by atoms with van der Waals surface area (Å²) in [5.41, 5.74) is 0.479. The second-order valence-electron chi connectivity index (χ2n) is 2.76. The summed E-state index contributed by atoms with van der Waals surface area (Å²) in [5.74, 6) is 0.